The van der Waals surface area contributed by atoms with Gasteiger partial charge in [-0.2, -0.15) is 0 Å². The van der Waals surface area contributed by atoms with Crippen molar-refractivity contribution in [3.63, 3.8) is 0 Å². The molecule has 0 aromatic heterocycles. The Labute approximate surface area is 138 Å². The molecule has 22 heavy (non-hydrogen) atoms. The lowest BCUT2D eigenvalue weighted by Gasteiger charge is -2.15. The quantitative estimate of drug-likeness (QED) is 0.907. The molecule has 0 aliphatic carbocycles. The number of carbonyl (C=O) groups is 1. The van der Waals surface area contributed by atoms with E-state index in [4.69, 9.17) is 5.73 Å². The van der Waals surface area contributed by atoms with Crippen LogP contribution in [0.15, 0.2) is 42.5 Å². The summed E-state index contributed by atoms with van der Waals surface area (Å²) in [7, 11) is 0. The molecular weight excluding hydrogens is 296 g/mol. The average molecular weight is 319 g/mol. The van der Waals surface area contributed by atoms with E-state index < -0.39 is 0 Å². The van der Waals surface area contributed by atoms with Gasteiger partial charge >= 0.3 is 0 Å². The number of nitrogens with two attached hydrogens (primary N) is 1. The summed E-state index contributed by atoms with van der Waals surface area (Å²) in [6, 6.07) is 13.7. The van der Waals surface area contributed by atoms with Crippen molar-refractivity contribution in [2.45, 2.75) is 26.8 Å². The van der Waals surface area contributed by atoms with E-state index in [9.17, 15) is 4.79 Å². The van der Waals surface area contributed by atoms with Crippen LogP contribution in [0, 0.1) is 20.8 Å². The predicted octanol–water partition coefficient (Wildman–Crippen LogP) is 3.46. The standard InChI is InChI=1S/C18H22N2O.ClH/c1-12-9-13(2)17(14(3)10-12)18(21)20-11-16(19)15-7-5-4-6-8-15;/h4-10,16H,11,19H2,1-3H3,(H,20,21);1H. The zero-order valence-electron chi connectivity index (χ0n) is 13.2. The SMILES string of the molecule is Cc1cc(C)c(C(=O)NCC(N)c2ccccc2)c(C)c1.Cl. The molecule has 1 atom stereocenters. The van der Waals surface area contributed by atoms with Crippen molar-refractivity contribution in [3.05, 3.63) is 70.3 Å². The molecule has 0 fully saturated rings. The number of benzene rings is 2. The molecule has 0 aliphatic heterocycles. The summed E-state index contributed by atoms with van der Waals surface area (Å²) in [5.74, 6) is -0.0589. The van der Waals surface area contributed by atoms with Gasteiger partial charge in [0, 0.05) is 18.2 Å². The van der Waals surface area contributed by atoms with Crippen molar-refractivity contribution in [1.82, 2.24) is 5.32 Å². The van der Waals surface area contributed by atoms with Gasteiger partial charge in [-0.25, -0.2) is 0 Å². The van der Waals surface area contributed by atoms with Crippen LogP contribution >= 0.6 is 12.4 Å². The Morgan fingerprint density at radius 2 is 1.64 bits per heavy atom. The Bertz CT molecular complexity index is 618. The van der Waals surface area contributed by atoms with Crippen LogP contribution in [0.25, 0.3) is 0 Å². The van der Waals surface area contributed by atoms with E-state index in [1.54, 1.807) is 0 Å². The minimum absolute atomic E-state index is 0. The molecule has 3 nitrogen and oxygen atoms in total. The van der Waals surface area contributed by atoms with Crippen LogP contribution in [0.3, 0.4) is 0 Å². The number of amides is 1. The van der Waals surface area contributed by atoms with Crippen LogP contribution in [0.2, 0.25) is 0 Å². The zero-order valence-corrected chi connectivity index (χ0v) is 14.0. The number of hydrogen-bond donors (Lipinski definition) is 2. The van der Waals surface area contributed by atoms with Crippen molar-refractivity contribution in [2.24, 2.45) is 5.73 Å². The van der Waals surface area contributed by atoms with Gasteiger partial charge in [-0.05, 0) is 37.5 Å². The van der Waals surface area contributed by atoms with Gasteiger partial charge in [-0.3, -0.25) is 4.79 Å². The molecule has 2 aromatic carbocycles. The molecule has 0 bridgehead atoms. The van der Waals surface area contributed by atoms with Crippen LogP contribution < -0.4 is 11.1 Å². The van der Waals surface area contributed by atoms with Gasteiger partial charge in [0.2, 0.25) is 0 Å². The lowest BCUT2D eigenvalue weighted by molar-refractivity contribution is 0.0950. The summed E-state index contributed by atoms with van der Waals surface area (Å²) < 4.78 is 0. The summed E-state index contributed by atoms with van der Waals surface area (Å²) in [6.07, 6.45) is 0. The van der Waals surface area contributed by atoms with Gasteiger partial charge in [0.25, 0.3) is 5.91 Å². The van der Waals surface area contributed by atoms with Gasteiger partial charge in [-0.1, -0.05) is 48.0 Å². The highest BCUT2D eigenvalue weighted by Gasteiger charge is 2.14. The number of halogens is 1. The Morgan fingerprint density at radius 3 is 2.18 bits per heavy atom. The zero-order chi connectivity index (χ0) is 15.4. The Hall–Kier alpha value is -1.84. The monoisotopic (exact) mass is 318 g/mol. The Balaban J connectivity index is 0.00000242. The number of carbonyl (C=O) groups excluding carboxylic acids is 1. The van der Waals surface area contributed by atoms with Crippen LogP contribution in [0.4, 0.5) is 0 Å². The van der Waals surface area contributed by atoms with Crippen LogP contribution in [0.1, 0.15) is 38.7 Å². The lowest BCUT2D eigenvalue weighted by atomic mass is 9.99. The first kappa shape index (κ1) is 18.2. The van der Waals surface area contributed by atoms with Gasteiger partial charge < -0.3 is 11.1 Å². The Kier molecular flexibility index (Phi) is 6.60. The summed E-state index contributed by atoms with van der Waals surface area (Å²) in [6.45, 7) is 6.39. The molecule has 118 valence electrons. The van der Waals surface area contributed by atoms with Crippen molar-refractivity contribution < 1.29 is 4.79 Å². The van der Waals surface area contributed by atoms with E-state index in [1.165, 1.54) is 5.56 Å². The number of nitrogens with one attached hydrogen (secondary N) is 1. The molecule has 0 radical (unpaired) electrons. The fourth-order valence-corrected chi connectivity index (χ4v) is 2.65. The second kappa shape index (κ2) is 7.97. The van der Waals surface area contributed by atoms with Gasteiger partial charge in [-0.15, -0.1) is 12.4 Å². The van der Waals surface area contributed by atoms with E-state index in [0.717, 1.165) is 22.3 Å². The normalized spacial score (nSPS) is 11.5. The molecule has 1 amide bonds. The maximum atomic E-state index is 12.4. The lowest BCUT2D eigenvalue weighted by Crippen LogP contribution is -2.32. The minimum atomic E-state index is -0.193. The predicted molar refractivity (Wildman–Crippen MR) is 93.6 cm³/mol. The molecule has 0 aliphatic rings. The second-order valence-electron chi connectivity index (χ2n) is 5.50. The molecule has 0 spiro atoms. The largest absolute Gasteiger partial charge is 0.350 e. The molecule has 0 saturated heterocycles. The van der Waals surface area contributed by atoms with E-state index in [-0.39, 0.29) is 24.4 Å². The molecule has 4 heteroatoms. The highest BCUT2D eigenvalue weighted by molar-refractivity contribution is 5.97. The van der Waals surface area contributed by atoms with Gasteiger partial charge in [0.1, 0.15) is 0 Å². The molecule has 2 aromatic rings. The summed E-state index contributed by atoms with van der Waals surface area (Å²) in [5, 5.41) is 2.93. The van der Waals surface area contributed by atoms with Crippen molar-refractivity contribution in [1.29, 1.82) is 0 Å². The van der Waals surface area contributed by atoms with E-state index in [0.29, 0.717) is 6.54 Å². The van der Waals surface area contributed by atoms with Crippen molar-refractivity contribution in [3.8, 4) is 0 Å². The average Bonchev–Trinajstić information content (AvgIpc) is 2.44. The third kappa shape index (κ3) is 4.33. The molecule has 3 N–H and O–H groups in total. The molecule has 0 heterocycles. The fourth-order valence-electron chi connectivity index (χ4n) is 2.65. The smallest absolute Gasteiger partial charge is 0.251 e. The number of hydrogen-bond acceptors (Lipinski definition) is 2. The maximum Gasteiger partial charge on any atom is 0.251 e. The molecule has 1 unspecified atom stereocenters. The third-order valence-electron chi connectivity index (χ3n) is 3.61. The van der Waals surface area contributed by atoms with Crippen LogP contribution in [0.5, 0.6) is 0 Å². The first-order valence-electron chi connectivity index (χ1n) is 7.15. The number of rotatable bonds is 4. The fraction of sp³-hybridized carbons (Fsp3) is 0.278. The summed E-state index contributed by atoms with van der Waals surface area (Å²) in [5.41, 5.74) is 11.0. The van der Waals surface area contributed by atoms with Crippen molar-refractivity contribution >= 4 is 18.3 Å². The topological polar surface area (TPSA) is 55.1 Å². The van der Waals surface area contributed by atoms with E-state index >= 15 is 0 Å². The maximum absolute atomic E-state index is 12.4. The first-order chi connectivity index (χ1) is 9.99. The first-order valence-corrected chi connectivity index (χ1v) is 7.15. The third-order valence-corrected chi connectivity index (χ3v) is 3.61. The summed E-state index contributed by atoms with van der Waals surface area (Å²) in [4.78, 5) is 12.4. The summed E-state index contributed by atoms with van der Waals surface area (Å²) >= 11 is 0. The minimum Gasteiger partial charge on any atom is -0.350 e. The Morgan fingerprint density at radius 1 is 1.09 bits per heavy atom. The van der Waals surface area contributed by atoms with E-state index in [2.05, 4.69) is 5.32 Å². The van der Waals surface area contributed by atoms with Crippen LogP contribution in [-0.4, -0.2) is 12.5 Å². The van der Waals surface area contributed by atoms with Crippen molar-refractivity contribution in [2.75, 3.05) is 6.54 Å². The highest BCUT2D eigenvalue weighted by atomic mass is 35.5. The van der Waals surface area contributed by atoms with E-state index in [1.807, 2.05) is 63.2 Å². The second-order valence-corrected chi connectivity index (χ2v) is 5.50. The number of aryl methyl sites for hydroxylation is 3. The molecular formula is C18H23ClN2O. The molecule has 2 rings (SSSR count). The molecule has 0 saturated carbocycles. The van der Waals surface area contributed by atoms with Gasteiger partial charge in [0.05, 0.1) is 0 Å². The van der Waals surface area contributed by atoms with Gasteiger partial charge in [0.15, 0.2) is 0 Å². The highest BCUT2D eigenvalue weighted by Crippen LogP contribution is 2.16. The van der Waals surface area contributed by atoms with Crippen LogP contribution in [-0.2, 0) is 0 Å².